The fourth-order valence-electron chi connectivity index (χ4n) is 6.00. The number of rotatable bonds is 2. The molecule has 4 atom stereocenters. The van der Waals surface area contributed by atoms with Crippen LogP contribution in [-0.4, -0.2) is 20.7 Å². The van der Waals surface area contributed by atoms with E-state index in [2.05, 4.69) is 15.5 Å². The zero-order valence-electron chi connectivity index (χ0n) is 18.1. The molecule has 3 aliphatic rings. The zero-order chi connectivity index (χ0) is 24.5. The number of carbonyl (C=O) groups excluding carboxylic acids is 1. The van der Waals surface area contributed by atoms with E-state index in [1.165, 1.54) is 10.6 Å². The molecule has 1 aromatic heterocycles. The highest BCUT2D eigenvalue weighted by molar-refractivity contribution is 6.31. The first-order valence-electron chi connectivity index (χ1n) is 11.1. The van der Waals surface area contributed by atoms with Gasteiger partial charge in [-0.1, -0.05) is 47.5 Å². The number of H-pyrrole nitrogens is 1. The van der Waals surface area contributed by atoms with E-state index >= 15 is 0 Å². The Morgan fingerprint density at radius 2 is 1.89 bits per heavy atom. The summed E-state index contributed by atoms with van der Waals surface area (Å²) in [6.45, 7) is 0. The van der Waals surface area contributed by atoms with Crippen LogP contribution in [0.15, 0.2) is 64.5 Å². The number of aromatic nitrogens is 3. The highest BCUT2D eigenvalue weighted by Gasteiger charge is 2.62. The molecule has 0 saturated carbocycles. The second-order valence-electron chi connectivity index (χ2n) is 9.08. The van der Waals surface area contributed by atoms with Crippen LogP contribution in [-0.2, 0) is 16.6 Å². The van der Waals surface area contributed by atoms with Crippen molar-refractivity contribution in [1.29, 1.82) is 0 Å². The SMILES string of the molecule is O=C1Nc2cc(Cl)ccc2[C@@]12C(C1C=CC=C(Cl)C1)Cc1n[nH]c(=O)n1[C@@H]2c1ccc(F)c(F)c1. The Bertz CT molecular complexity index is 1510. The molecular weight excluding hydrogens is 497 g/mol. The molecule has 178 valence electrons. The molecule has 2 N–H and O–H groups in total. The number of hydrogen-bond acceptors (Lipinski definition) is 3. The largest absolute Gasteiger partial charge is 0.343 e. The van der Waals surface area contributed by atoms with Crippen molar-refractivity contribution in [3.8, 4) is 0 Å². The number of halogens is 4. The summed E-state index contributed by atoms with van der Waals surface area (Å²) < 4.78 is 29.8. The summed E-state index contributed by atoms with van der Waals surface area (Å²) in [5.41, 5.74) is -0.474. The third-order valence-corrected chi connectivity index (χ3v) is 7.86. The molecule has 6 nitrogen and oxygen atoms in total. The lowest BCUT2D eigenvalue weighted by atomic mass is 9.57. The van der Waals surface area contributed by atoms with Crippen LogP contribution in [0.2, 0.25) is 5.02 Å². The minimum absolute atomic E-state index is 0.187. The molecule has 35 heavy (non-hydrogen) atoms. The number of fused-ring (bicyclic) bond motifs is 3. The number of aromatic amines is 1. The lowest BCUT2D eigenvalue weighted by Crippen LogP contribution is -2.57. The van der Waals surface area contributed by atoms with Crippen LogP contribution in [0.1, 0.15) is 29.4 Å². The maximum absolute atomic E-state index is 14.5. The minimum atomic E-state index is -1.35. The molecule has 0 radical (unpaired) electrons. The van der Waals surface area contributed by atoms with E-state index in [-0.39, 0.29) is 23.8 Å². The molecule has 10 heteroatoms. The highest BCUT2D eigenvalue weighted by atomic mass is 35.5. The Hall–Kier alpha value is -3.23. The minimum Gasteiger partial charge on any atom is -0.325 e. The maximum Gasteiger partial charge on any atom is 0.343 e. The smallest absolute Gasteiger partial charge is 0.325 e. The summed E-state index contributed by atoms with van der Waals surface area (Å²) in [5.74, 6) is -2.62. The number of anilines is 1. The second kappa shape index (κ2) is 7.90. The third kappa shape index (κ3) is 3.16. The Kier molecular flexibility index (Phi) is 5.02. The maximum atomic E-state index is 14.5. The first-order chi connectivity index (χ1) is 16.8. The molecular formula is C25H18Cl2F2N4O2. The van der Waals surface area contributed by atoms with E-state index < -0.39 is 34.7 Å². The topological polar surface area (TPSA) is 79.8 Å². The van der Waals surface area contributed by atoms with Crippen molar-refractivity contribution in [1.82, 2.24) is 14.8 Å². The summed E-state index contributed by atoms with van der Waals surface area (Å²) in [5, 5.41) is 10.7. The molecule has 1 aliphatic carbocycles. The Morgan fingerprint density at radius 1 is 1.06 bits per heavy atom. The van der Waals surface area contributed by atoms with Gasteiger partial charge in [0.1, 0.15) is 11.2 Å². The molecule has 2 aliphatic heterocycles. The molecule has 0 saturated heterocycles. The fraction of sp³-hybridized carbons (Fsp3) is 0.240. The Labute approximate surface area is 208 Å². The number of hydrogen-bond donors (Lipinski definition) is 2. The van der Waals surface area contributed by atoms with Gasteiger partial charge >= 0.3 is 5.69 Å². The number of amides is 1. The van der Waals surface area contributed by atoms with Crippen molar-refractivity contribution in [3.05, 3.63) is 104 Å². The van der Waals surface area contributed by atoms with Gasteiger partial charge in [-0.25, -0.2) is 18.7 Å². The van der Waals surface area contributed by atoms with Crippen LogP contribution < -0.4 is 11.0 Å². The molecule has 0 fully saturated rings. The average Bonchev–Trinajstić information content (AvgIpc) is 3.32. The van der Waals surface area contributed by atoms with E-state index in [1.807, 2.05) is 12.2 Å². The molecule has 0 bridgehead atoms. The van der Waals surface area contributed by atoms with Crippen LogP contribution in [0.25, 0.3) is 0 Å². The summed E-state index contributed by atoms with van der Waals surface area (Å²) >= 11 is 12.6. The van der Waals surface area contributed by atoms with Crippen molar-refractivity contribution in [2.45, 2.75) is 24.3 Å². The number of carbonyl (C=O) groups is 1. The third-order valence-electron chi connectivity index (χ3n) is 7.35. The van der Waals surface area contributed by atoms with Gasteiger partial charge in [-0.2, -0.15) is 5.10 Å². The first-order valence-corrected chi connectivity index (χ1v) is 11.8. The number of nitrogens with zero attached hydrogens (tertiary/aromatic N) is 2. The van der Waals surface area contributed by atoms with Gasteiger partial charge in [0.05, 0.1) is 6.04 Å². The van der Waals surface area contributed by atoms with Gasteiger partial charge in [0.2, 0.25) is 5.91 Å². The number of benzene rings is 2. The van der Waals surface area contributed by atoms with Gasteiger partial charge in [-0.3, -0.25) is 9.36 Å². The first kappa shape index (κ1) is 22.2. The van der Waals surface area contributed by atoms with Crippen LogP contribution in [0, 0.1) is 23.5 Å². The Balaban J connectivity index is 1.69. The Morgan fingerprint density at radius 3 is 2.66 bits per heavy atom. The quantitative estimate of drug-likeness (QED) is 0.512. The normalized spacial score (nSPS) is 26.9. The van der Waals surface area contributed by atoms with Gasteiger partial charge in [0.15, 0.2) is 11.6 Å². The van der Waals surface area contributed by atoms with E-state index in [0.29, 0.717) is 33.6 Å². The van der Waals surface area contributed by atoms with Crippen molar-refractivity contribution >= 4 is 34.8 Å². The standard InChI is InChI=1S/C25H18Cl2F2N4O2/c26-14-3-1-2-12(8-14)17-11-21-31-32-24(35)33(21)22(13-4-7-18(28)19(29)9-13)25(17)16-6-5-15(27)10-20(16)30-23(25)34/h1-7,9-10,12,17,22H,8,11H2,(H,30,34)(H,32,35)/t12?,17?,22-,25+/m1/s1. The lowest BCUT2D eigenvalue weighted by molar-refractivity contribution is -0.125. The average molecular weight is 515 g/mol. The van der Waals surface area contributed by atoms with Crippen molar-refractivity contribution in [2.24, 2.45) is 11.8 Å². The summed E-state index contributed by atoms with van der Waals surface area (Å²) in [7, 11) is 0. The van der Waals surface area contributed by atoms with Crippen molar-refractivity contribution in [3.63, 3.8) is 0 Å². The zero-order valence-corrected chi connectivity index (χ0v) is 19.6. The number of nitrogens with one attached hydrogen (secondary N) is 2. The lowest BCUT2D eigenvalue weighted by Gasteiger charge is -2.48. The fourth-order valence-corrected chi connectivity index (χ4v) is 6.43. The molecule has 3 aromatic rings. The van der Waals surface area contributed by atoms with Crippen LogP contribution in [0.5, 0.6) is 0 Å². The van der Waals surface area contributed by atoms with Crippen molar-refractivity contribution < 1.29 is 13.6 Å². The summed E-state index contributed by atoms with van der Waals surface area (Å²) in [4.78, 5) is 27.1. The highest BCUT2D eigenvalue weighted by Crippen LogP contribution is 2.58. The summed E-state index contributed by atoms with van der Waals surface area (Å²) in [6, 6.07) is 7.54. The van der Waals surface area contributed by atoms with Crippen LogP contribution >= 0.6 is 23.2 Å². The molecule has 1 amide bonds. The summed E-state index contributed by atoms with van der Waals surface area (Å²) in [6.07, 6.45) is 6.40. The predicted molar refractivity (Wildman–Crippen MR) is 127 cm³/mol. The monoisotopic (exact) mass is 514 g/mol. The van der Waals surface area contributed by atoms with E-state index in [0.717, 1.165) is 12.1 Å². The van der Waals surface area contributed by atoms with Crippen molar-refractivity contribution in [2.75, 3.05) is 5.32 Å². The van der Waals surface area contributed by atoms with Gasteiger partial charge < -0.3 is 5.32 Å². The van der Waals surface area contributed by atoms with Gasteiger partial charge in [-0.15, -0.1) is 0 Å². The molecule has 2 aromatic carbocycles. The second-order valence-corrected chi connectivity index (χ2v) is 10.0. The van der Waals surface area contributed by atoms with Crippen LogP contribution in [0.4, 0.5) is 14.5 Å². The van der Waals surface area contributed by atoms with Gasteiger partial charge in [0.25, 0.3) is 0 Å². The van der Waals surface area contributed by atoms with E-state index in [1.54, 1.807) is 24.3 Å². The van der Waals surface area contributed by atoms with Gasteiger partial charge in [-0.05, 0) is 59.7 Å². The van der Waals surface area contributed by atoms with E-state index in [9.17, 15) is 18.4 Å². The predicted octanol–water partition coefficient (Wildman–Crippen LogP) is 4.85. The van der Waals surface area contributed by atoms with Gasteiger partial charge in [0, 0.05) is 22.2 Å². The number of allylic oxidation sites excluding steroid dienone is 4. The molecule has 2 unspecified atom stereocenters. The molecule has 3 heterocycles. The molecule has 6 rings (SSSR count). The van der Waals surface area contributed by atoms with E-state index in [4.69, 9.17) is 23.2 Å². The van der Waals surface area contributed by atoms with Crippen LogP contribution in [0.3, 0.4) is 0 Å². The molecule has 1 spiro atoms.